The molecule has 0 bridgehead atoms. The quantitative estimate of drug-likeness (QED) is 0.490. The van der Waals surface area contributed by atoms with E-state index in [1.165, 1.54) is 0 Å². The third-order valence-electron chi connectivity index (χ3n) is 0.526. The van der Waals surface area contributed by atoms with Crippen molar-refractivity contribution in [3.05, 3.63) is 4.85 Å². The summed E-state index contributed by atoms with van der Waals surface area (Å²) in [6.45, 7) is 6.75. The van der Waals surface area contributed by atoms with E-state index >= 15 is 0 Å². The van der Waals surface area contributed by atoms with Gasteiger partial charge in [0.25, 0.3) is 6.57 Å². The number of rotatable bonds is 2. The first-order valence-electron chi connectivity index (χ1n) is 2.33. The van der Waals surface area contributed by atoms with Gasteiger partial charge >= 0.3 is 12.5 Å². The molecule has 0 spiro atoms. The van der Waals surface area contributed by atoms with Crippen LogP contribution >= 0.6 is 0 Å². The van der Waals surface area contributed by atoms with E-state index in [1.807, 2.05) is 0 Å². The monoisotopic (exact) mass is 114 g/mol. The molecule has 0 aromatic rings. The molecular weight excluding hydrogens is 106 g/mol. The molecule has 8 heavy (non-hydrogen) atoms. The zero-order chi connectivity index (χ0) is 6.41. The highest BCUT2D eigenvalue weighted by atomic mass is 16.5. The van der Waals surface area contributed by atoms with E-state index in [0.29, 0.717) is 6.61 Å². The molecule has 0 aliphatic heterocycles. The van der Waals surface area contributed by atoms with Gasteiger partial charge in [-0.15, -0.1) is 0 Å². The van der Waals surface area contributed by atoms with Crippen molar-refractivity contribution in [1.29, 1.82) is 0 Å². The van der Waals surface area contributed by atoms with Crippen molar-refractivity contribution in [1.82, 2.24) is 0 Å². The van der Waals surface area contributed by atoms with Crippen LogP contribution in [-0.4, -0.2) is 19.1 Å². The number of hydrogen-bond acceptors (Lipinski definition) is 2. The Morgan fingerprint density at radius 3 is 2.88 bits per heavy atom. The summed E-state index contributed by atoms with van der Waals surface area (Å²) in [4.78, 5) is 13.3. The van der Waals surface area contributed by atoms with E-state index in [4.69, 9.17) is 0 Å². The fraction of sp³-hybridized carbons (Fsp3) is 0.600. The number of esters is 1. The summed E-state index contributed by atoms with van der Waals surface area (Å²) in [5, 5.41) is 0. The van der Waals surface area contributed by atoms with E-state index in [0.717, 1.165) is 0 Å². The van der Waals surface area contributed by atoms with Gasteiger partial charge in [0.1, 0.15) is 0 Å². The van der Waals surface area contributed by atoms with Gasteiger partial charge in [0.15, 0.2) is 0 Å². The Bertz CT molecular complexity index is 114. The molecule has 0 amide bonds. The number of hydrogen-bond donors (Lipinski definition) is 0. The highest BCUT2D eigenvalue weighted by Crippen LogP contribution is 1.76. The Kier molecular flexibility index (Phi) is 3.59. The van der Waals surface area contributed by atoms with Crippen LogP contribution in [-0.2, 0) is 9.53 Å². The maximum Gasteiger partial charge on any atom is 0.391 e. The molecule has 0 unspecified atom stereocenters. The van der Waals surface area contributed by atoms with E-state index in [9.17, 15) is 4.79 Å². The number of ether oxygens (including phenoxy) is 1. The zero-order valence-electron chi connectivity index (χ0n) is 4.76. The van der Waals surface area contributed by atoms with E-state index in [-0.39, 0.29) is 12.5 Å². The molecule has 0 rings (SSSR count). The van der Waals surface area contributed by atoms with Gasteiger partial charge in [0, 0.05) is 0 Å². The van der Waals surface area contributed by atoms with E-state index in [2.05, 4.69) is 16.2 Å². The molecule has 0 atom stereocenters. The SMILES string of the molecule is C#[N+]CC(=O)OCC. The third-order valence-corrected chi connectivity index (χ3v) is 0.526. The van der Waals surface area contributed by atoms with Crippen LogP contribution in [0.4, 0.5) is 0 Å². The lowest BCUT2D eigenvalue weighted by Gasteiger charge is -1.89. The molecule has 0 heterocycles. The summed E-state index contributed by atoms with van der Waals surface area (Å²) >= 11 is 0. The molecule has 0 aliphatic rings. The van der Waals surface area contributed by atoms with Crippen LogP contribution in [0.25, 0.3) is 4.85 Å². The van der Waals surface area contributed by atoms with Crippen LogP contribution < -0.4 is 0 Å². The molecule has 0 saturated heterocycles. The first-order valence-corrected chi connectivity index (χ1v) is 2.33. The Hall–Kier alpha value is -1.04. The second-order valence-electron chi connectivity index (χ2n) is 1.15. The fourth-order valence-corrected chi connectivity index (χ4v) is 0.281. The number of carbonyl (C=O) groups excluding carboxylic acids is 1. The van der Waals surface area contributed by atoms with Gasteiger partial charge in [-0.25, -0.2) is 4.79 Å². The highest BCUT2D eigenvalue weighted by molar-refractivity contribution is 5.73. The predicted octanol–water partition coefficient (Wildman–Crippen LogP) is 0.512. The summed E-state index contributed by atoms with van der Waals surface area (Å²) < 4.78 is 4.47. The van der Waals surface area contributed by atoms with Crippen LogP contribution in [0.3, 0.4) is 0 Å². The van der Waals surface area contributed by atoms with Crippen LogP contribution in [0.15, 0.2) is 0 Å². The summed E-state index contributed by atoms with van der Waals surface area (Å²) in [6, 6.07) is 0. The van der Waals surface area contributed by atoms with Gasteiger partial charge in [-0.3, -0.25) is 0 Å². The van der Waals surface area contributed by atoms with Gasteiger partial charge in [0.2, 0.25) is 0 Å². The maximum absolute atomic E-state index is 10.2. The second-order valence-corrected chi connectivity index (χ2v) is 1.15. The van der Waals surface area contributed by atoms with Crippen LogP contribution in [0.1, 0.15) is 6.92 Å². The Morgan fingerprint density at radius 2 is 2.50 bits per heavy atom. The normalized spacial score (nSPS) is 7.50. The van der Waals surface area contributed by atoms with Crippen molar-refractivity contribution in [3.63, 3.8) is 0 Å². The van der Waals surface area contributed by atoms with Gasteiger partial charge in [-0.05, 0) is 6.92 Å². The molecule has 0 radical (unpaired) electrons. The summed E-state index contributed by atoms with van der Waals surface area (Å²) in [6.07, 6.45) is 0. The van der Waals surface area contributed by atoms with E-state index < -0.39 is 0 Å². The van der Waals surface area contributed by atoms with Crippen LogP contribution in [0.2, 0.25) is 0 Å². The van der Waals surface area contributed by atoms with Crippen molar-refractivity contribution < 1.29 is 9.53 Å². The lowest BCUT2D eigenvalue weighted by atomic mass is 10.7. The number of nitrogens with zero attached hydrogens (tertiary/aromatic N) is 1. The average molecular weight is 114 g/mol. The van der Waals surface area contributed by atoms with Crippen LogP contribution in [0.5, 0.6) is 0 Å². The summed E-state index contributed by atoms with van der Waals surface area (Å²) in [7, 11) is 0. The zero-order valence-corrected chi connectivity index (χ0v) is 4.76. The minimum absolute atomic E-state index is 0.0478. The summed E-state index contributed by atoms with van der Waals surface area (Å²) in [5.41, 5.74) is 0. The average Bonchev–Trinajstić information content (AvgIpc) is 1.68. The van der Waals surface area contributed by atoms with Crippen molar-refractivity contribution in [2.24, 2.45) is 0 Å². The van der Waals surface area contributed by atoms with Crippen molar-refractivity contribution in [2.45, 2.75) is 6.92 Å². The predicted molar refractivity (Wildman–Crippen MR) is 29.8 cm³/mol. The third kappa shape index (κ3) is 3.16. The fourth-order valence-electron chi connectivity index (χ4n) is 0.281. The smallest absolute Gasteiger partial charge is 0.391 e. The topological polar surface area (TPSA) is 30.7 Å². The lowest BCUT2D eigenvalue weighted by molar-refractivity contribution is -0.140. The van der Waals surface area contributed by atoms with Crippen molar-refractivity contribution in [2.75, 3.05) is 13.2 Å². The molecule has 3 nitrogen and oxygen atoms in total. The van der Waals surface area contributed by atoms with E-state index in [1.54, 1.807) is 6.92 Å². The maximum atomic E-state index is 10.2. The molecule has 44 valence electrons. The van der Waals surface area contributed by atoms with Gasteiger partial charge in [-0.1, -0.05) is 4.85 Å². The minimum Gasteiger partial charge on any atom is -0.460 e. The van der Waals surface area contributed by atoms with Gasteiger partial charge < -0.3 is 4.74 Å². The van der Waals surface area contributed by atoms with Gasteiger partial charge in [0.05, 0.1) is 6.61 Å². The minimum atomic E-state index is -0.380. The molecule has 0 N–H and O–H groups in total. The van der Waals surface area contributed by atoms with Crippen LogP contribution in [0, 0.1) is 6.57 Å². The Balaban J connectivity index is 3.23. The molecule has 0 aromatic heterocycles. The molecule has 0 aliphatic carbocycles. The Morgan fingerprint density at radius 1 is 1.88 bits per heavy atom. The second kappa shape index (κ2) is 4.13. The number of carbonyl (C=O) groups is 1. The largest absolute Gasteiger partial charge is 0.460 e. The molecule has 3 heteroatoms. The molecule has 0 fully saturated rings. The highest BCUT2D eigenvalue weighted by Gasteiger charge is 2.03. The molecule has 0 aromatic carbocycles. The standard InChI is InChI=1S/C5H8NO2/c1-3-8-5(7)4-6-2/h2H,3-4H2,1H3/q+1. The molecule has 0 saturated carbocycles. The van der Waals surface area contributed by atoms with Crippen molar-refractivity contribution >= 4 is 5.97 Å². The Labute approximate surface area is 48.1 Å². The van der Waals surface area contributed by atoms with Gasteiger partial charge in [-0.2, -0.15) is 0 Å². The first kappa shape index (κ1) is 6.96. The first-order chi connectivity index (χ1) is 3.81. The molecular formula is C5H8NO2+. The lowest BCUT2D eigenvalue weighted by Crippen LogP contribution is -2.05. The summed E-state index contributed by atoms with van der Waals surface area (Å²) in [5.74, 6) is -0.380. The van der Waals surface area contributed by atoms with Crippen molar-refractivity contribution in [3.8, 4) is 6.57 Å².